The van der Waals surface area contributed by atoms with E-state index in [1.165, 1.54) is 11.5 Å². The summed E-state index contributed by atoms with van der Waals surface area (Å²) >= 11 is 1.42. The molecule has 1 aromatic heterocycles. The standard InChI is InChI=1S/C20H21N3O3S/c24-18(14-4-2-1-3-5-14)22-10-8-20(9-11-22)19(25)23-16(6-7-17(23)26-20)15-12-21-27-13-15/h1-5,12-13,16-17H,6-11H2/t16-,17+/m0/s1. The largest absolute Gasteiger partial charge is 0.342 e. The maximum atomic E-state index is 13.3. The molecule has 27 heavy (non-hydrogen) atoms. The van der Waals surface area contributed by atoms with Crippen LogP contribution in [0.15, 0.2) is 41.9 Å². The van der Waals surface area contributed by atoms with Crippen molar-refractivity contribution >= 4 is 23.3 Å². The van der Waals surface area contributed by atoms with Crippen LogP contribution in [0.4, 0.5) is 0 Å². The number of carbonyl (C=O) groups excluding carboxylic acids is 2. The predicted molar refractivity (Wildman–Crippen MR) is 100 cm³/mol. The molecule has 2 aromatic rings. The van der Waals surface area contributed by atoms with Crippen molar-refractivity contribution in [1.29, 1.82) is 0 Å². The summed E-state index contributed by atoms with van der Waals surface area (Å²) in [5.41, 5.74) is 1.03. The second-order valence-corrected chi connectivity index (χ2v) is 8.15. The van der Waals surface area contributed by atoms with Crippen molar-refractivity contribution in [2.24, 2.45) is 0 Å². The highest BCUT2D eigenvalue weighted by molar-refractivity contribution is 7.03. The molecule has 0 radical (unpaired) electrons. The fourth-order valence-corrected chi connectivity index (χ4v) is 5.17. The number of hydrogen-bond acceptors (Lipinski definition) is 5. The zero-order valence-corrected chi connectivity index (χ0v) is 15.7. The van der Waals surface area contributed by atoms with Gasteiger partial charge < -0.3 is 14.5 Å². The Labute approximate surface area is 161 Å². The summed E-state index contributed by atoms with van der Waals surface area (Å²) < 4.78 is 10.5. The van der Waals surface area contributed by atoms with Crippen molar-refractivity contribution in [1.82, 2.24) is 14.2 Å². The van der Waals surface area contributed by atoms with E-state index >= 15 is 0 Å². The van der Waals surface area contributed by atoms with Crippen molar-refractivity contribution in [3.63, 3.8) is 0 Å². The fraction of sp³-hybridized carbons (Fsp3) is 0.450. The lowest BCUT2D eigenvalue weighted by Crippen LogP contribution is -2.51. The first-order chi connectivity index (χ1) is 13.2. The molecule has 0 bridgehead atoms. The minimum atomic E-state index is -0.764. The highest BCUT2D eigenvalue weighted by Crippen LogP contribution is 2.47. The topological polar surface area (TPSA) is 62.7 Å². The van der Waals surface area contributed by atoms with Crippen LogP contribution in [0, 0.1) is 0 Å². The highest BCUT2D eigenvalue weighted by atomic mass is 32.1. The fourth-order valence-electron chi connectivity index (χ4n) is 4.58. The van der Waals surface area contributed by atoms with Crippen LogP contribution in [0.3, 0.4) is 0 Å². The maximum Gasteiger partial charge on any atom is 0.257 e. The lowest BCUT2D eigenvalue weighted by atomic mass is 9.89. The Morgan fingerprint density at radius 1 is 1.19 bits per heavy atom. The monoisotopic (exact) mass is 383 g/mol. The van der Waals surface area contributed by atoms with Gasteiger partial charge in [0.05, 0.1) is 6.04 Å². The normalized spacial score (nSPS) is 26.6. The van der Waals surface area contributed by atoms with E-state index < -0.39 is 5.60 Å². The maximum absolute atomic E-state index is 13.3. The molecule has 4 heterocycles. The van der Waals surface area contributed by atoms with E-state index in [-0.39, 0.29) is 24.1 Å². The van der Waals surface area contributed by atoms with Gasteiger partial charge in [0, 0.05) is 48.6 Å². The van der Waals surface area contributed by atoms with E-state index in [2.05, 4.69) is 4.37 Å². The molecule has 6 nitrogen and oxygen atoms in total. The average Bonchev–Trinajstić information content (AvgIpc) is 3.42. The number of nitrogens with zero attached hydrogens (tertiary/aromatic N) is 3. The molecule has 0 unspecified atom stereocenters. The van der Waals surface area contributed by atoms with Gasteiger partial charge in [-0.15, -0.1) is 0 Å². The zero-order valence-electron chi connectivity index (χ0n) is 14.9. The number of benzene rings is 1. The highest BCUT2D eigenvalue weighted by Gasteiger charge is 2.58. The minimum absolute atomic E-state index is 0.0265. The van der Waals surface area contributed by atoms with Crippen LogP contribution in [0.2, 0.25) is 0 Å². The van der Waals surface area contributed by atoms with E-state index in [4.69, 9.17) is 4.74 Å². The van der Waals surface area contributed by atoms with E-state index in [1.54, 1.807) is 0 Å². The molecular weight excluding hydrogens is 362 g/mol. The van der Waals surface area contributed by atoms with Gasteiger partial charge in [-0.2, -0.15) is 0 Å². The van der Waals surface area contributed by atoms with Gasteiger partial charge in [-0.1, -0.05) is 18.2 Å². The first kappa shape index (κ1) is 16.9. The molecule has 0 saturated carbocycles. The lowest BCUT2D eigenvalue weighted by molar-refractivity contribution is -0.142. The van der Waals surface area contributed by atoms with E-state index in [0.717, 1.165) is 18.4 Å². The van der Waals surface area contributed by atoms with Crippen LogP contribution in [0.1, 0.15) is 47.6 Å². The molecule has 3 aliphatic heterocycles. The molecule has 2 atom stereocenters. The number of aromatic nitrogens is 1. The van der Waals surface area contributed by atoms with Gasteiger partial charge in [-0.05, 0) is 36.5 Å². The molecule has 3 aliphatic rings. The summed E-state index contributed by atoms with van der Waals surface area (Å²) in [6.07, 6.45) is 4.62. The molecule has 1 spiro atoms. The summed E-state index contributed by atoms with van der Waals surface area (Å²) in [5.74, 6) is 0.117. The number of piperidine rings is 1. The molecule has 1 aromatic carbocycles. The van der Waals surface area contributed by atoms with E-state index in [9.17, 15) is 9.59 Å². The van der Waals surface area contributed by atoms with Crippen molar-refractivity contribution in [2.75, 3.05) is 13.1 Å². The molecule has 0 N–H and O–H groups in total. The van der Waals surface area contributed by atoms with Gasteiger partial charge in [0.25, 0.3) is 11.8 Å². The Balaban J connectivity index is 1.30. The zero-order chi connectivity index (χ0) is 18.4. The summed E-state index contributed by atoms with van der Waals surface area (Å²) in [4.78, 5) is 29.7. The Bertz CT molecular complexity index is 847. The van der Waals surface area contributed by atoms with Crippen LogP contribution in [-0.4, -0.2) is 50.9 Å². The predicted octanol–water partition coefficient (Wildman–Crippen LogP) is 2.84. The third-order valence-electron chi connectivity index (χ3n) is 6.03. The third-order valence-corrected chi connectivity index (χ3v) is 6.64. The van der Waals surface area contributed by atoms with Crippen LogP contribution >= 0.6 is 11.5 Å². The summed E-state index contributed by atoms with van der Waals surface area (Å²) in [6.45, 7) is 1.09. The van der Waals surface area contributed by atoms with Crippen LogP contribution in [-0.2, 0) is 9.53 Å². The Hall–Kier alpha value is -2.25. The number of amides is 2. The molecule has 140 valence electrons. The van der Waals surface area contributed by atoms with Crippen LogP contribution in [0.5, 0.6) is 0 Å². The molecule has 3 saturated heterocycles. The van der Waals surface area contributed by atoms with Crippen molar-refractivity contribution < 1.29 is 14.3 Å². The van der Waals surface area contributed by atoms with Gasteiger partial charge in [-0.25, -0.2) is 4.37 Å². The molecule has 5 rings (SSSR count). The third kappa shape index (κ3) is 2.68. The van der Waals surface area contributed by atoms with Gasteiger partial charge in [0.1, 0.15) is 6.23 Å². The second-order valence-electron chi connectivity index (χ2n) is 7.49. The Kier molecular flexibility index (Phi) is 4.02. The molecule has 2 amide bonds. The number of carbonyl (C=O) groups is 2. The molecule has 3 fully saturated rings. The number of rotatable bonds is 2. The van der Waals surface area contributed by atoms with E-state index in [0.29, 0.717) is 31.5 Å². The SMILES string of the molecule is O=C(c1ccccc1)N1CCC2(CC1)O[C@@H]1CC[C@@H](c3cnsc3)N1C2=O. The van der Waals surface area contributed by atoms with Crippen LogP contribution < -0.4 is 0 Å². The smallest absolute Gasteiger partial charge is 0.257 e. The first-order valence-electron chi connectivity index (χ1n) is 9.42. The molecule has 0 aliphatic carbocycles. The van der Waals surface area contributed by atoms with Crippen molar-refractivity contribution in [2.45, 2.75) is 43.6 Å². The van der Waals surface area contributed by atoms with Crippen molar-refractivity contribution in [3.05, 3.63) is 53.0 Å². The summed E-state index contributed by atoms with van der Waals surface area (Å²) in [6, 6.07) is 9.38. The van der Waals surface area contributed by atoms with Crippen molar-refractivity contribution in [3.8, 4) is 0 Å². The first-order valence-corrected chi connectivity index (χ1v) is 10.3. The number of ether oxygens (including phenoxy) is 1. The Morgan fingerprint density at radius 3 is 2.67 bits per heavy atom. The molecular formula is C20H21N3O3S. The Morgan fingerprint density at radius 2 is 1.96 bits per heavy atom. The quantitative estimate of drug-likeness (QED) is 0.800. The second kappa shape index (κ2) is 6.42. The number of fused-ring (bicyclic) bond motifs is 1. The van der Waals surface area contributed by atoms with Crippen LogP contribution in [0.25, 0.3) is 0 Å². The summed E-state index contributed by atoms with van der Waals surface area (Å²) in [7, 11) is 0. The minimum Gasteiger partial charge on any atom is -0.342 e. The lowest BCUT2D eigenvalue weighted by Gasteiger charge is -2.37. The van der Waals surface area contributed by atoms with Gasteiger partial charge in [-0.3, -0.25) is 9.59 Å². The van der Waals surface area contributed by atoms with Gasteiger partial charge >= 0.3 is 0 Å². The average molecular weight is 383 g/mol. The van der Waals surface area contributed by atoms with Gasteiger partial charge in [0.15, 0.2) is 5.60 Å². The molecule has 7 heteroatoms. The van der Waals surface area contributed by atoms with Gasteiger partial charge in [0.2, 0.25) is 0 Å². The summed E-state index contributed by atoms with van der Waals surface area (Å²) in [5, 5.41) is 2.02. The number of likely N-dealkylation sites (tertiary alicyclic amines) is 1. The van der Waals surface area contributed by atoms with E-state index in [1.807, 2.05) is 51.7 Å². The number of hydrogen-bond donors (Lipinski definition) is 0.